The molecule has 0 unspecified atom stereocenters. The molecule has 4 amide bonds. The topological polar surface area (TPSA) is 113 Å². The molecule has 4 rings (SSSR count). The number of carbonyl (C=O) groups is 3. The molecule has 37 heavy (non-hydrogen) atoms. The fraction of sp³-hybridized carbons (Fsp3) is 0.481. The van der Waals surface area contributed by atoms with Crippen molar-refractivity contribution in [3.8, 4) is 5.75 Å². The molecule has 0 saturated carbocycles. The van der Waals surface area contributed by atoms with Crippen molar-refractivity contribution in [3.63, 3.8) is 0 Å². The van der Waals surface area contributed by atoms with Gasteiger partial charge in [-0.1, -0.05) is 18.2 Å². The highest BCUT2D eigenvalue weighted by Crippen LogP contribution is 2.30. The Balaban J connectivity index is 1.41. The molecule has 2 N–H and O–H groups in total. The summed E-state index contributed by atoms with van der Waals surface area (Å²) in [4.78, 5) is 46.2. The predicted molar refractivity (Wildman–Crippen MR) is 138 cm³/mol. The number of aromatic nitrogens is 1. The number of ether oxygens (including phenoxy) is 2. The molecule has 2 aliphatic heterocycles. The van der Waals surface area contributed by atoms with Crippen molar-refractivity contribution in [2.45, 2.75) is 44.8 Å². The number of likely N-dealkylation sites (tertiary alicyclic amines) is 2. The lowest BCUT2D eigenvalue weighted by molar-refractivity contribution is -0.142. The van der Waals surface area contributed by atoms with Gasteiger partial charge in [-0.15, -0.1) is 0 Å². The number of hydrogen-bond donors (Lipinski definition) is 2. The summed E-state index contributed by atoms with van der Waals surface area (Å²) in [5.74, 6) is 0.177. The van der Waals surface area contributed by atoms with Gasteiger partial charge >= 0.3 is 12.1 Å². The zero-order chi connectivity index (χ0) is 26.6. The summed E-state index contributed by atoms with van der Waals surface area (Å²) in [7, 11) is 1.58. The van der Waals surface area contributed by atoms with Crippen molar-refractivity contribution in [2.24, 2.45) is 5.92 Å². The van der Waals surface area contributed by atoms with E-state index in [-0.39, 0.29) is 29.8 Å². The van der Waals surface area contributed by atoms with Crippen LogP contribution in [0.3, 0.4) is 0 Å². The Hall–Kier alpha value is -3.82. The van der Waals surface area contributed by atoms with E-state index in [1.165, 1.54) is 0 Å². The van der Waals surface area contributed by atoms with Gasteiger partial charge in [0.05, 0.1) is 19.2 Å². The van der Waals surface area contributed by atoms with Crippen molar-refractivity contribution >= 4 is 23.7 Å². The second kappa shape index (κ2) is 11.1. The third kappa shape index (κ3) is 6.69. The number of nitrogens with zero attached hydrogens (tertiary/aromatic N) is 3. The van der Waals surface area contributed by atoms with Gasteiger partial charge in [-0.05, 0) is 51.5 Å². The maximum absolute atomic E-state index is 13.3. The van der Waals surface area contributed by atoms with E-state index in [2.05, 4.69) is 15.6 Å². The minimum absolute atomic E-state index is 0.00510. The van der Waals surface area contributed by atoms with Crippen LogP contribution in [0.2, 0.25) is 0 Å². The van der Waals surface area contributed by atoms with E-state index < -0.39 is 11.7 Å². The highest BCUT2D eigenvalue weighted by atomic mass is 16.6. The lowest BCUT2D eigenvalue weighted by Crippen LogP contribution is -2.59. The monoisotopic (exact) mass is 509 g/mol. The second-order valence-corrected chi connectivity index (χ2v) is 10.5. The summed E-state index contributed by atoms with van der Waals surface area (Å²) in [5.41, 5.74) is 0.894. The van der Waals surface area contributed by atoms with Crippen LogP contribution >= 0.6 is 0 Å². The second-order valence-electron chi connectivity index (χ2n) is 10.5. The standard InChI is InChI=1S/C27H35N5O5/c1-27(2,3)37-26(35)32-15-18(16-32)24(33)31-13-12-23(30-25(34)29-19-8-6-5-7-9-19)21(17-31)22-11-10-20(36-4)14-28-22/h5-11,14,18,21,23H,12-13,15-17H2,1-4H3,(H2,29,30,34)/t21-,23+/m0/s1. The Kier molecular flexibility index (Phi) is 7.85. The van der Waals surface area contributed by atoms with Crippen molar-refractivity contribution < 1.29 is 23.9 Å². The van der Waals surface area contributed by atoms with E-state index in [0.717, 1.165) is 5.69 Å². The number of piperidine rings is 1. The zero-order valence-corrected chi connectivity index (χ0v) is 21.8. The van der Waals surface area contributed by atoms with Crippen molar-refractivity contribution in [2.75, 3.05) is 38.6 Å². The summed E-state index contributed by atoms with van der Waals surface area (Å²) < 4.78 is 10.6. The van der Waals surface area contributed by atoms with Crippen LogP contribution in [-0.4, -0.2) is 77.7 Å². The Morgan fingerprint density at radius 2 is 1.73 bits per heavy atom. The maximum Gasteiger partial charge on any atom is 0.410 e. The highest BCUT2D eigenvalue weighted by Gasteiger charge is 2.42. The van der Waals surface area contributed by atoms with Gasteiger partial charge < -0.3 is 29.9 Å². The van der Waals surface area contributed by atoms with E-state index in [9.17, 15) is 14.4 Å². The molecule has 10 nitrogen and oxygen atoms in total. The summed E-state index contributed by atoms with van der Waals surface area (Å²) in [5, 5.41) is 5.94. The summed E-state index contributed by atoms with van der Waals surface area (Å²) in [6.45, 7) is 7.06. The molecule has 2 fully saturated rings. The molecule has 0 bridgehead atoms. The first-order chi connectivity index (χ1) is 17.6. The number of hydrogen-bond acceptors (Lipinski definition) is 6. The van der Waals surface area contributed by atoms with E-state index in [1.807, 2.05) is 68.1 Å². The van der Waals surface area contributed by atoms with Gasteiger partial charge in [0.2, 0.25) is 5.91 Å². The molecule has 2 aromatic rings. The fourth-order valence-electron chi connectivity index (χ4n) is 4.58. The lowest BCUT2D eigenvalue weighted by Gasteiger charge is -2.44. The number of nitrogens with one attached hydrogen (secondary N) is 2. The maximum atomic E-state index is 13.3. The Labute approximate surface area is 217 Å². The molecule has 0 aliphatic carbocycles. The van der Waals surface area contributed by atoms with Crippen LogP contribution in [0.1, 0.15) is 38.8 Å². The summed E-state index contributed by atoms with van der Waals surface area (Å²) >= 11 is 0. The molecule has 2 saturated heterocycles. The first-order valence-electron chi connectivity index (χ1n) is 12.5. The van der Waals surface area contributed by atoms with Gasteiger partial charge in [0.25, 0.3) is 0 Å². The first-order valence-corrected chi connectivity index (χ1v) is 12.5. The van der Waals surface area contributed by atoms with Crippen LogP contribution < -0.4 is 15.4 Å². The van der Waals surface area contributed by atoms with Gasteiger partial charge in [0.1, 0.15) is 11.4 Å². The minimum atomic E-state index is -0.577. The molecule has 198 valence electrons. The van der Waals surface area contributed by atoms with Crippen LogP contribution in [-0.2, 0) is 9.53 Å². The first kappa shape index (κ1) is 26.2. The van der Waals surface area contributed by atoms with Crippen LogP contribution in [0, 0.1) is 5.92 Å². The quantitative estimate of drug-likeness (QED) is 0.638. The Bertz CT molecular complexity index is 1100. The van der Waals surface area contributed by atoms with E-state index in [4.69, 9.17) is 9.47 Å². The number of pyridine rings is 1. The average molecular weight is 510 g/mol. The molecule has 2 aliphatic rings. The lowest BCUT2D eigenvalue weighted by atomic mass is 9.87. The average Bonchev–Trinajstić information content (AvgIpc) is 2.83. The summed E-state index contributed by atoms with van der Waals surface area (Å²) in [6, 6.07) is 12.4. The van der Waals surface area contributed by atoms with Crippen molar-refractivity contribution in [3.05, 3.63) is 54.4 Å². The predicted octanol–water partition coefficient (Wildman–Crippen LogP) is 3.46. The minimum Gasteiger partial charge on any atom is -0.495 e. The zero-order valence-electron chi connectivity index (χ0n) is 21.8. The van der Waals surface area contributed by atoms with Crippen LogP contribution in [0.25, 0.3) is 0 Å². The van der Waals surface area contributed by atoms with Gasteiger partial charge in [0.15, 0.2) is 0 Å². The third-order valence-corrected chi connectivity index (χ3v) is 6.53. The van der Waals surface area contributed by atoms with Gasteiger partial charge in [0, 0.05) is 49.5 Å². The van der Waals surface area contributed by atoms with Crippen LogP contribution in [0.4, 0.5) is 15.3 Å². The van der Waals surface area contributed by atoms with Crippen molar-refractivity contribution in [1.82, 2.24) is 20.1 Å². The third-order valence-electron chi connectivity index (χ3n) is 6.53. The number of anilines is 1. The number of benzene rings is 1. The molecule has 1 aromatic carbocycles. The molecule has 10 heteroatoms. The van der Waals surface area contributed by atoms with E-state index in [0.29, 0.717) is 44.0 Å². The number of urea groups is 1. The Morgan fingerprint density at radius 1 is 1.00 bits per heavy atom. The normalized spacial score (nSPS) is 20.0. The fourth-order valence-corrected chi connectivity index (χ4v) is 4.58. The highest BCUT2D eigenvalue weighted by molar-refractivity contribution is 5.89. The SMILES string of the molecule is COc1ccc([C@@H]2CN(C(=O)C3CN(C(=O)OC(C)(C)C)C3)CC[C@H]2NC(=O)Nc2ccccc2)nc1. The smallest absolute Gasteiger partial charge is 0.410 e. The van der Waals surface area contributed by atoms with Gasteiger partial charge in [-0.25, -0.2) is 9.59 Å². The number of rotatable bonds is 5. The number of carbonyl (C=O) groups excluding carboxylic acids is 3. The molecule has 0 spiro atoms. The molecular formula is C27H35N5O5. The van der Waals surface area contributed by atoms with E-state index in [1.54, 1.807) is 18.2 Å². The molecule has 2 atom stereocenters. The van der Waals surface area contributed by atoms with Gasteiger partial charge in [-0.3, -0.25) is 9.78 Å². The van der Waals surface area contributed by atoms with Crippen LogP contribution in [0.5, 0.6) is 5.75 Å². The number of methoxy groups -OCH3 is 1. The molecule has 1 aromatic heterocycles. The van der Waals surface area contributed by atoms with Crippen LogP contribution in [0.15, 0.2) is 48.7 Å². The number of para-hydroxylation sites is 1. The van der Waals surface area contributed by atoms with Crippen molar-refractivity contribution in [1.29, 1.82) is 0 Å². The largest absolute Gasteiger partial charge is 0.495 e. The van der Waals surface area contributed by atoms with Gasteiger partial charge in [-0.2, -0.15) is 0 Å². The molecule has 3 heterocycles. The number of amides is 4. The Morgan fingerprint density at radius 3 is 2.35 bits per heavy atom. The summed E-state index contributed by atoms with van der Waals surface area (Å²) in [6.07, 6.45) is 1.82. The molecular weight excluding hydrogens is 474 g/mol. The molecule has 0 radical (unpaired) electrons. The van der Waals surface area contributed by atoms with E-state index >= 15 is 0 Å².